The van der Waals surface area contributed by atoms with Crippen molar-refractivity contribution in [1.82, 2.24) is 4.98 Å². The Hall–Kier alpha value is -2.40. The van der Waals surface area contributed by atoms with E-state index in [-0.39, 0.29) is 18.4 Å². The van der Waals surface area contributed by atoms with E-state index >= 15 is 0 Å². The molecule has 1 aromatic heterocycles. The summed E-state index contributed by atoms with van der Waals surface area (Å²) < 4.78 is 0. The van der Waals surface area contributed by atoms with Crippen LogP contribution in [0.15, 0.2) is 30.3 Å². The third kappa shape index (κ3) is 3.66. The average molecular weight is 339 g/mol. The number of nitrogens with zero attached hydrogens (tertiary/aromatic N) is 2. The van der Waals surface area contributed by atoms with Crippen molar-refractivity contribution in [2.24, 2.45) is 5.92 Å². The van der Waals surface area contributed by atoms with Crippen LogP contribution in [0.4, 0.5) is 11.5 Å². The van der Waals surface area contributed by atoms with Gasteiger partial charge in [0.15, 0.2) is 0 Å². The van der Waals surface area contributed by atoms with Gasteiger partial charge in [-0.3, -0.25) is 4.79 Å². The van der Waals surface area contributed by atoms with Crippen LogP contribution in [-0.4, -0.2) is 35.7 Å². The number of hydrogen-bond donors (Lipinski definition) is 2. The Morgan fingerprint density at radius 3 is 2.56 bits per heavy atom. The van der Waals surface area contributed by atoms with Gasteiger partial charge in [0.1, 0.15) is 11.5 Å². The summed E-state index contributed by atoms with van der Waals surface area (Å²) in [6.45, 7) is 7.71. The molecule has 5 heteroatoms. The van der Waals surface area contributed by atoms with Gasteiger partial charge >= 0.3 is 0 Å². The molecule has 0 spiro atoms. The number of benzene rings is 1. The van der Waals surface area contributed by atoms with Crippen molar-refractivity contribution in [3.8, 4) is 0 Å². The quantitative estimate of drug-likeness (QED) is 0.898. The summed E-state index contributed by atoms with van der Waals surface area (Å²) in [5, 5.41) is 12.3. The minimum Gasteiger partial charge on any atom is -0.396 e. The highest BCUT2D eigenvalue weighted by atomic mass is 16.3. The van der Waals surface area contributed by atoms with Gasteiger partial charge in [0.05, 0.1) is 0 Å². The molecule has 2 N–H and O–H groups in total. The summed E-state index contributed by atoms with van der Waals surface area (Å²) in [4.78, 5) is 19.5. The molecule has 2 aromatic rings. The fraction of sp³-hybridized carbons (Fsp3) is 0.400. The zero-order chi connectivity index (χ0) is 18.0. The number of pyridine rings is 1. The maximum Gasteiger partial charge on any atom is 0.274 e. The van der Waals surface area contributed by atoms with Gasteiger partial charge in [0.25, 0.3) is 5.91 Å². The van der Waals surface area contributed by atoms with E-state index in [4.69, 9.17) is 0 Å². The predicted molar refractivity (Wildman–Crippen MR) is 100 cm³/mol. The summed E-state index contributed by atoms with van der Waals surface area (Å²) in [6.07, 6.45) is 0.954. The van der Waals surface area contributed by atoms with Gasteiger partial charge in [-0.15, -0.1) is 0 Å². The van der Waals surface area contributed by atoms with E-state index in [0.29, 0.717) is 5.69 Å². The lowest BCUT2D eigenvalue weighted by Gasteiger charge is -2.19. The first-order valence-corrected chi connectivity index (χ1v) is 8.70. The van der Waals surface area contributed by atoms with Crippen LogP contribution in [0.3, 0.4) is 0 Å². The minimum atomic E-state index is -0.186. The number of rotatable bonds is 4. The van der Waals surface area contributed by atoms with E-state index in [1.54, 1.807) is 0 Å². The number of nitrogens with one attached hydrogen (secondary N) is 1. The predicted octanol–water partition coefficient (Wildman–Crippen LogP) is 3.08. The van der Waals surface area contributed by atoms with Crippen molar-refractivity contribution < 1.29 is 9.90 Å². The van der Waals surface area contributed by atoms with Gasteiger partial charge in [0, 0.05) is 31.3 Å². The van der Waals surface area contributed by atoms with Gasteiger partial charge in [-0.25, -0.2) is 4.98 Å². The van der Waals surface area contributed by atoms with E-state index in [9.17, 15) is 9.90 Å². The molecule has 5 nitrogen and oxygen atoms in total. The van der Waals surface area contributed by atoms with Crippen molar-refractivity contribution >= 4 is 17.4 Å². The Balaban J connectivity index is 1.84. The van der Waals surface area contributed by atoms with Crippen LogP contribution in [0, 0.1) is 26.7 Å². The van der Waals surface area contributed by atoms with Crippen molar-refractivity contribution in [2.75, 3.05) is 29.9 Å². The highest BCUT2D eigenvalue weighted by Crippen LogP contribution is 2.24. The van der Waals surface area contributed by atoms with Crippen LogP contribution in [0.25, 0.3) is 0 Å². The Kier molecular flexibility index (Phi) is 5.04. The van der Waals surface area contributed by atoms with Crippen LogP contribution < -0.4 is 10.2 Å². The van der Waals surface area contributed by atoms with Crippen LogP contribution in [0.1, 0.15) is 33.6 Å². The van der Waals surface area contributed by atoms with Crippen molar-refractivity contribution in [2.45, 2.75) is 27.2 Å². The second-order valence-electron chi connectivity index (χ2n) is 6.84. The molecule has 1 atom stereocenters. The normalized spacial score (nSPS) is 17.0. The maximum atomic E-state index is 12.8. The number of hydrogen-bond acceptors (Lipinski definition) is 4. The lowest BCUT2D eigenvalue weighted by atomic mass is 10.1. The van der Waals surface area contributed by atoms with E-state index in [1.165, 1.54) is 0 Å². The van der Waals surface area contributed by atoms with Crippen LogP contribution in [0.5, 0.6) is 0 Å². The molecule has 3 rings (SSSR count). The Labute approximate surface area is 148 Å². The fourth-order valence-corrected chi connectivity index (χ4v) is 3.30. The lowest BCUT2D eigenvalue weighted by molar-refractivity contribution is 0.102. The topological polar surface area (TPSA) is 65.5 Å². The molecule has 1 amide bonds. The van der Waals surface area contributed by atoms with Crippen LogP contribution in [-0.2, 0) is 0 Å². The number of aliphatic hydroxyl groups excluding tert-OH is 1. The molecule has 0 radical (unpaired) electrons. The standard InChI is InChI=1S/C20H25N3O2/c1-13-5-4-6-14(2)18(13)22-20(25)19-15(3)7-8-17(21-19)23-10-9-16(11-23)12-24/h4-8,16,24H,9-12H2,1-3H3,(H,22,25). The van der Waals surface area contributed by atoms with Crippen molar-refractivity contribution in [1.29, 1.82) is 0 Å². The number of para-hydroxylation sites is 1. The Bertz CT molecular complexity index is 768. The van der Waals surface area contributed by atoms with Gasteiger partial charge in [-0.05, 0) is 49.9 Å². The first-order valence-electron chi connectivity index (χ1n) is 8.70. The Morgan fingerprint density at radius 1 is 1.20 bits per heavy atom. The zero-order valence-electron chi connectivity index (χ0n) is 15.0. The number of anilines is 2. The first-order chi connectivity index (χ1) is 12.0. The summed E-state index contributed by atoms with van der Waals surface area (Å²) >= 11 is 0. The summed E-state index contributed by atoms with van der Waals surface area (Å²) in [5.41, 5.74) is 4.22. The molecule has 1 aromatic carbocycles. The van der Waals surface area contributed by atoms with Gasteiger partial charge in [0.2, 0.25) is 0 Å². The van der Waals surface area contributed by atoms with Gasteiger partial charge in [-0.2, -0.15) is 0 Å². The van der Waals surface area contributed by atoms with Crippen molar-refractivity contribution in [3.05, 3.63) is 52.7 Å². The van der Waals surface area contributed by atoms with Crippen LogP contribution >= 0.6 is 0 Å². The van der Waals surface area contributed by atoms with E-state index in [1.807, 2.05) is 51.1 Å². The van der Waals surface area contributed by atoms with E-state index in [2.05, 4.69) is 15.2 Å². The van der Waals surface area contributed by atoms with Crippen molar-refractivity contribution in [3.63, 3.8) is 0 Å². The number of aryl methyl sites for hydroxylation is 3. The molecule has 2 heterocycles. The molecule has 25 heavy (non-hydrogen) atoms. The SMILES string of the molecule is Cc1ccc(N2CCC(CO)C2)nc1C(=O)Nc1c(C)cccc1C. The summed E-state index contributed by atoms with van der Waals surface area (Å²) in [5.74, 6) is 0.901. The largest absolute Gasteiger partial charge is 0.396 e. The molecule has 0 saturated carbocycles. The highest BCUT2D eigenvalue weighted by Gasteiger charge is 2.24. The number of aliphatic hydroxyl groups is 1. The zero-order valence-corrected chi connectivity index (χ0v) is 15.0. The lowest BCUT2D eigenvalue weighted by Crippen LogP contribution is -2.24. The molecular formula is C20H25N3O2. The van der Waals surface area contributed by atoms with E-state index in [0.717, 1.165) is 47.7 Å². The van der Waals surface area contributed by atoms with Crippen LogP contribution in [0.2, 0.25) is 0 Å². The summed E-state index contributed by atoms with van der Waals surface area (Å²) in [6, 6.07) is 9.84. The van der Waals surface area contributed by atoms with Gasteiger partial charge in [-0.1, -0.05) is 24.3 Å². The second kappa shape index (κ2) is 7.23. The molecule has 132 valence electrons. The third-order valence-corrected chi connectivity index (χ3v) is 4.89. The Morgan fingerprint density at radius 2 is 1.92 bits per heavy atom. The average Bonchev–Trinajstić information content (AvgIpc) is 3.07. The number of aromatic nitrogens is 1. The highest BCUT2D eigenvalue weighted by molar-refractivity contribution is 6.04. The van der Waals surface area contributed by atoms with E-state index < -0.39 is 0 Å². The molecule has 1 aliphatic heterocycles. The molecular weight excluding hydrogens is 314 g/mol. The second-order valence-corrected chi connectivity index (χ2v) is 6.84. The molecule has 0 aliphatic carbocycles. The van der Waals surface area contributed by atoms with Gasteiger partial charge < -0.3 is 15.3 Å². The maximum absolute atomic E-state index is 12.8. The molecule has 0 bridgehead atoms. The monoisotopic (exact) mass is 339 g/mol. The molecule has 1 saturated heterocycles. The minimum absolute atomic E-state index is 0.186. The third-order valence-electron chi connectivity index (χ3n) is 4.89. The molecule has 1 aliphatic rings. The fourth-order valence-electron chi connectivity index (χ4n) is 3.30. The first kappa shape index (κ1) is 17.4. The molecule has 1 fully saturated rings. The number of amides is 1. The summed E-state index contributed by atoms with van der Waals surface area (Å²) in [7, 11) is 0. The smallest absolute Gasteiger partial charge is 0.274 e. The number of carbonyl (C=O) groups is 1. The molecule has 1 unspecified atom stereocenters. The number of carbonyl (C=O) groups excluding carboxylic acids is 1.